The van der Waals surface area contributed by atoms with Crippen molar-refractivity contribution >= 4 is 11.9 Å². The minimum Gasteiger partial charge on any atom is -0.465 e. The number of hydrogen-bond donors (Lipinski definition) is 0. The highest BCUT2D eigenvalue weighted by Gasteiger charge is 2.16. The number of carbonyl (C=O) groups excluding carboxylic acids is 2. The number of hydrogen-bond acceptors (Lipinski definition) is 6. The molecule has 1 heterocycles. The number of nitrogens with zero attached hydrogens (tertiary/aromatic N) is 2. The number of methoxy groups -OCH3 is 1. The van der Waals surface area contributed by atoms with Gasteiger partial charge in [-0.25, -0.2) is 4.79 Å². The first-order valence-corrected chi connectivity index (χ1v) is 6.37. The Labute approximate surface area is 118 Å². The minimum absolute atomic E-state index is 0.143. The summed E-state index contributed by atoms with van der Waals surface area (Å²) >= 11 is 0. The topological polar surface area (TPSA) is 68.7 Å². The molecule has 0 atom stereocenters. The zero-order valence-electron chi connectivity index (χ0n) is 12.3. The first-order valence-electron chi connectivity index (χ1n) is 6.37. The Bertz CT molecular complexity index is 488. The van der Waals surface area contributed by atoms with E-state index in [-0.39, 0.29) is 12.5 Å². The van der Waals surface area contributed by atoms with Crippen LogP contribution < -0.4 is 0 Å². The van der Waals surface area contributed by atoms with Crippen molar-refractivity contribution in [2.45, 2.75) is 20.4 Å². The quantitative estimate of drug-likeness (QED) is 0.729. The van der Waals surface area contributed by atoms with E-state index in [1.165, 1.54) is 7.11 Å². The number of esters is 2. The van der Waals surface area contributed by atoms with E-state index in [0.29, 0.717) is 24.4 Å². The van der Waals surface area contributed by atoms with Gasteiger partial charge in [-0.1, -0.05) is 0 Å². The van der Waals surface area contributed by atoms with E-state index in [4.69, 9.17) is 9.47 Å². The zero-order chi connectivity index (χ0) is 15.1. The fourth-order valence-electron chi connectivity index (χ4n) is 1.77. The number of aromatic nitrogens is 1. The third-order valence-corrected chi connectivity index (χ3v) is 2.64. The Hall–Kier alpha value is -1.95. The summed E-state index contributed by atoms with van der Waals surface area (Å²) in [6.07, 6.45) is 0. The molecule has 6 nitrogen and oxygen atoms in total. The van der Waals surface area contributed by atoms with Crippen LogP contribution in [0.25, 0.3) is 0 Å². The van der Waals surface area contributed by atoms with Crippen LogP contribution in [0, 0.1) is 6.92 Å². The third-order valence-electron chi connectivity index (χ3n) is 2.64. The van der Waals surface area contributed by atoms with Crippen LogP contribution >= 0.6 is 0 Å². The van der Waals surface area contributed by atoms with Crippen molar-refractivity contribution in [2.75, 3.05) is 27.3 Å². The molecule has 1 aromatic heterocycles. The van der Waals surface area contributed by atoms with Gasteiger partial charge in [0.05, 0.1) is 31.5 Å². The van der Waals surface area contributed by atoms with Gasteiger partial charge in [0.1, 0.15) is 0 Å². The van der Waals surface area contributed by atoms with Crippen LogP contribution in [0.1, 0.15) is 28.7 Å². The van der Waals surface area contributed by atoms with Crippen LogP contribution in [0.15, 0.2) is 12.1 Å². The summed E-state index contributed by atoms with van der Waals surface area (Å²) in [5, 5.41) is 0. The number of rotatable bonds is 6. The van der Waals surface area contributed by atoms with Gasteiger partial charge in [0, 0.05) is 12.2 Å². The van der Waals surface area contributed by atoms with Crippen molar-refractivity contribution in [3.63, 3.8) is 0 Å². The lowest BCUT2D eigenvalue weighted by molar-refractivity contribution is -0.144. The maximum atomic E-state index is 11.7. The van der Waals surface area contributed by atoms with Gasteiger partial charge in [0.2, 0.25) is 0 Å². The molecule has 0 radical (unpaired) electrons. The highest BCUT2D eigenvalue weighted by molar-refractivity contribution is 5.90. The predicted octanol–water partition coefficient (Wildman–Crippen LogP) is 1.17. The molecule has 6 heteroatoms. The molecule has 0 bridgehead atoms. The highest BCUT2D eigenvalue weighted by Crippen LogP contribution is 2.11. The molecule has 0 fully saturated rings. The lowest BCUT2D eigenvalue weighted by Crippen LogP contribution is -2.28. The van der Waals surface area contributed by atoms with Crippen LogP contribution in [0.2, 0.25) is 0 Å². The second kappa shape index (κ2) is 7.59. The van der Waals surface area contributed by atoms with Crippen molar-refractivity contribution in [1.29, 1.82) is 0 Å². The van der Waals surface area contributed by atoms with Crippen LogP contribution in [0.4, 0.5) is 0 Å². The van der Waals surface area contributed by atoms with Gasteiger partial charge in [-0.2, -0.15) is 0 Å². The Balaban J connectivity index is 2.82. The SMILES string of the molecule is CCOC(=O)CN(C)Cc1nc(C)ccc1C(=O)OC. The molecule has 0 N–H and O–H groups in total. The molecule has 0 aliphatic rings. The van der Waals surface area contributed by atoms with Crippen LogP contribution in [-0.2, 0) is 20.8 Å². The van der Waals surface area contributed by atoms with Gasteiger partial charge in [-0.3, -0.25) is 14.7 Å². The third kappa shape index (κ3) is 4.62. The molecule has 0 aliphatic heterocycles. The molecule has 0 saturated carbocycles. The number of likely N-dealkylation sites (N-methyl/N-ethyl adjacent to an activating group) is 1. The van der Waals surface area contributed by atoms with Gasteiger partial charge in [-0.15, -0.1) is 0 Å². The zero-order valence-corrected chi connectivity index (χ0v) is 12.3. The lowest BCUT2D eigenvalue weighted by atomic mass is 10.1. The highest BCUT2D eigenvalue weighted by atomic mass is 16.5. The average molecular weight is 280 g/mol. The van der Waals surface area contributed by atoms with E-state index < -0.39 is 5.97 Å². The van der Waals surface area contributed by atoms with Gasteiger partial charge < -0.3 is 9.47 Å². The van der Waals surface area contributed by atoms with Crippen molar-refractivity contribution in [3.8, 4) is 0 Å². The smallest absolute Gasteiger partial charge is 0.339 e. The summed E-state index contributed by atoms with van der Waals surface area (Å²) in [6, 6.07) is 3.43. The summed E-state index contributed by atoms with van der Waals surface area (Å²) in [6.45, 7) is 4.46. The summed E-state index contributed by atoms with van der Waals surface area (Å²) < 4.78 is 9.61. The number of carbonyl (C=O) groups is 2. The molecular formula is C14H20N2O4. The summed E-state index contributed by atoms with van der Waals surface area (Å²) in [4.78, 5) is 29.2. The van der Waals surface area contributed by atoms with Crippen molar-refractivity contribution in [3.05, 3.63) is 29.1 Å². The molecule has 1 aromatic rings. The summed E-state index contributed by atoms with van der Waals surface area (Å²) in [5.41, 5.74) is 1.80. The number of pyridine rings is 1. The first-order chi connectivity index (χ1) is 9.47. The standard InChI is InChI=1S/C14H20N2O4/c1-5-20-13(17)9-16(3)8-12-11(14(18)19-4)7-6-10(2)15-12/h6-7H,5,8-9H2,1-4H3. The molecule has 1 rings (SSSR count). The number of ether oxygens (including phenoxy) is 2. The molecule has 0 spiro atoms. The molecular weight excluding hydrogens is 260 g/mol. The van der Waals surface area contributed by atoms with Crippen LogP contribution in [0.3, 0.4) is 0 Å². The normalized spacial score (nSPS) is 10.4. The van der Waals surface area contributed by atoms with E-state index in [9.17, 15) is 9.59 Å². The predicted molar refractivity (Wildman–Crippen MR) is 73.3 cm³/mol. The lowest BCUT2D eigenvalue weighted by Gasteiger charge is -2.17. The fraction of sp³-hybridized carbons (Fsp3) is 0.500. The molecule has 0 saturated heterocycles. The molecule has 0 aliphatic carbocycles. The molecule has 0 amide bonds. The Kier molecular flexibility index (Phi) is 6.11. The molecule has 0 unspecified atom stereocenters. The Morgan fingerprint density at radius 1 is 1.35 bits per heavy atom. The van der Waals surface area contributed by atoms with Crippen molar-refractivity contribution in [1.82, 2.24) is 9.88 Å². The first kappa shape index (κ1) is 16.1. The molecule has 20 heavy (non-hydrogen) atoms. The van der Waals surface area contributed by atoms with Gasteiger partial charge in [0.25, 0.3) is 0 Å². The largest absolute Gasteiger partial charge is 0.465 e. The van der Waals surface area contributed by atoms with E-state index in [0.717, 1.165) is 5.69 Å². The van der Waals surface area contributed by atoms with Gasteiger partial charge in [-0.05, 0) is 33.0 Å². The van der Waals surface area contributed by atoms with E-state index in [1.807, 2.05) is 6.92 Å². The molecule has 110 valence electrons. The second-order valence-corrected chi connectivity index (χ2v) is 4.42. The maximum absolute atomic E-state index is 11.7. The van der Waals surface area contributed by atoms with Crippen molar-refractivity contribution < 1.29 is 19.1 Å². The maximum Gasteiger partial charge on any atom is 0.339 e. The summed E-state index contributed by atoms with van der Waals surface area (Å²) in [5.74, 6) is -0.737. The second-order valence-electron chi connectivity index (χ2n) is 4.42. The van der Waals surface area contributed by atoms with Crippen LogP contribution in [0.5, 0.6) is 0 Å². The Morgan fingerprint density at radius 2 is 2.05 bits per heavy atom. The molecule has 0 aromatic carbocycles. The summed E-state index contributed by atoms with van der Waals surface area (Å²) in [7, 11) is 3.09. The van der Waals surface area contributed by atoms with Gasteiger partial charge in [0.15, 0.2) is 0 Å². The van der Waals surface area contributed by atoms with E-state index in [1.54, 1.807) is 31.0 Å². The Morgan fingerprint density at radius 3 is 2.65 bits per heavy atom. The van der Waals surface area contributed by atoms with Crippen LogP contribution in [-0.4, -0.2) is 49.1 Å². The van der Waals surface area contributed by atoms with E-state index in [2.05, 4.69) is 4.98 Å². The van der Waals surface area contributed by atoms with Gasteiger partial charge >= 0.3 is 11.9 Å². The minimum atomic E-state index is -0.433. The van der Waals surface area contributed by atoms with E-state index >= 15 is 0 Å². The van der Waals surface area contributed by atoms with Crippen molar-refractivity contribution in [2.24, 2.45) is 0 Å². The number of aryl methyl sites for hydroxylation is 1. The monoisotopic (exact) mass is 280 g/mol. The average Bonchev–Trinajstić information content (AvgIpc) is 2.38. The fourth-order valence-corrected chi connectivity index (χ4v) is 1.77.